The van der Waals surface area contributed by atoms with Gasteiger partial charge in [-0.05, 0) is 36.1 Å². The standard InChI is InChI=1S/C16H15ClN2O/c1-11-8-10-19(14-7-3-2-5-12(11)14)16(20)13-6-4-9-18-15(13)17/h2-7,9,11H,8,10H2,1H3. The predicted octanol–water partition coefficient (Wildman–Crippen LogP) is 3.89. The van der Waals surface area contributed by atoms with Crippen LogP contribution in [0.3, 0.4) is 0 Å². The number of fused-ring (bicyclic) bond motifs is 1. The third-order valence-corrected chi connectivity index (χ3v) is 4.08. The maximum Gasteiger partial charge on any atom is 0.261 e. The summed E-state index contributed by atoms with van der Waals surface area (Å²) in [4.78, 5) is 18.5. The fourth-order valence-corrected chi connectivity index (χ4v) is 2.85. The molecule has 1 aromatic carbocycles. The summed E-state index contributed by atoms with van der Waals surface area (Å²) in [6.45, 7) is 2.90. The number of para-hydroxylation sites is 1. The van der Waals surface area contributed by atoms with Gasteiger partial charge in [0, 0.05) is 18.4 Å². The quantitative estimate of drug-likeness (QED) is 0.745. The van der Waals surface area contributed by atoms with E-state index in [1.54, 1.807) is 23.2 Å². The highest BCUT2D eigenvalue weighted by atomic mass is 35.5. The maximum absolute atomic E-state index is 12.7. The summed E-state index contributed by atoms with van der Waals surface area (Å²) in [5.74, 6) is 0.391. The topological polar surface area (TPSA) is 33.2 Å². The van der Waals surface area contributed by atoms with Gasteiger partial charge in [-0.1, -0.05) is 36.7 Å². The summed E-state index contributed by atoms with van der Waals surface area (Å²) in [6, 6.07) is 11.5. The molecule has 0 saturated heterocycles. The van der Waals surface area contributed by atoms with Crippen LogP contribution in [0.15, 0.2) is 42.6 Å². The Morgan fingerprint density at radius 1 is 1.30 bits per heavy atom. The van der Waals surface area contributed by atoms with E-state index in [0.29, 0.717) is 18.0 Å². The van der Waals surface area contributed by atoms with Crippen LogP contribution in [0.1, 0.15) is 35.2 Å². The molecule has 1 aliphatic rings. The number of nitrogens with zero attached hydrogens (tertiary/aromatic N) is 2. The van der Waals surface area contributed by atoms with Crippen molar-refractivity contribution in [1.82, 2.24) is 4.98 Å². The van der Waals surface area contributed by atoms with Gasteiger partial charge in [0.15, 0.2) is 0 Å². The highest BCUT2D eigenvalue weighted by Crippen LogP contribution is 2.35. The van der Waals surface area contributed by atoms with E-state index in [4.69, 9.17) is 11.6 Å². The number of halogens is 1. The summed E-state index contributed by atoms with van der Waals surface area (Å²) in [7, 11) is 0. The second kappa shape index (κ2) is 5.25. The van der Waals surface area contributed by atoms with Crippen molar-refractivity contribution >= 4 is 23.2 Å². The molecule has 1 aliphatic heterocycles. The third-order valence-electron chi connectivity index (χ3n) is 3.78. The molecule has 102 valence electrons. The molecule has 1 atom stereocenters. The minimum Gasteiger partial charge on any atom is -0.308 e. The van der Waals surface area contributed by atoms with Crippen LogP contribution in [0, 0.1) is 0 Å². The van der Waals surface area contributed by atoms with Crippen LogP contribution in [0.5, 0.6) is 0 Å². The monoisotopic (exact) mass is 286 g/mol. The van der Waals surface area contributed by atoms with Gasteiger partial charge >= 0.3 is 0 Å². The van der Waals surface area contributed by atoms with Crippen LogP contribution in [0.2, 0.25) is 5.15 Å². The summed E-state index contributed by atoms with van der Waals surface area (Å²) >= 11 is 6.04. The normalized spacial score (nSPS) is 17.7. The lowest BCUT2D eigenvalue weighted by Crippen LogP contribution is -2.36. The lowest BCUT2D eigenvalue weighted by molar-refractivity contribution is 0.0984. The molecule has 0 spiro atoms. The van der Waals surface area contributed by atoms with Crippen LogP contribution in [-0.4, -0.2) is 17.4 Å². The molecule has 1 aromatic heterocycles. The van der Waals surface area contributed by atoms with Crippen molar-refractivity contribution in [3.05, 3.63) is 58.9 Å². The molecule has 2 aromatic rings. The second-order valence-corrected chi connectivity index (χ2v) is 5.41. The van der Waals surface area contributed by atoms with Gasteiger partial charge in [0.2, 0.25) is 0 Å². The summed E-state index contributed by atoms with van der Waals surface area (Å²) in [5, 5.41) is 0.258. The summed E-state index contributed by atoms with van der Waals surface area (Å²) < 4.78 is 0. The van der Waals surface area contributed by atoms with Crippen LogP contribution < -0.4 is 4.90 Å². The van der Waals surface area contributed by atoms with Crippen LogP contribution in [0.4, 0.5) is 5.69 Å². The van der Waals surface area contributed by atoms with Crippen molar-refractivity contribution in [1.29, 1.82) is 0 Å². The SMILES string of the molecule is CC1CCN(C(=O)c2cccnc2Cl)c2ccccc21. The first kappa shape index (κ1) is 13.1. The highest BCUT2D eigenvalue weighted by Gasteiger charge is 2.27. The molecule has 3 rings (SSSR count). The molecule has 0 bridgehead atoms. The number of anilines is 1. The first-order chi connectivity index (χ1) is 9.68. The second-order valence-electron chi connectivity index (χ2n) is 5.05. The minimum atomic E-state index is -0.0811. The number of amides is 1. The molecule has 0 radical (unpaired) electrons. The van der Waals surface area contributed by atoms with E-state index in [9.17, 15) is 4.79 Å². The third kappa shape index (κ3) is 2.18. The Bertz CT molecular complexity index is 656. The number of carbonyl (C=O) groups is 1. The molecule has 0 aliphatic carbocycles. The molecule has 3 nitrogen and oxygen atoms in total. The Morgan fingerprint density at radius 2 is 2.10 bits per heavy atom. The van der Waals surface area contributed by atoms with E-state index in [2.05, 4.69) is 18.0 Å². The number of pyridine rings is 1. The van der Waals surface area contributed by atoms with E-state index in [1.807, 2.05) is 18.2 Å². The molecule has 0 N–H and O–H groups in total. The summed E-state index contributed by atoms with van der Waals surface area (Å²) in [5.41, 5.74) is 2.65. The van der Waals surface area contributed by atoms with Crippen molar-refractivity contribution in [3.8, 4) is 0 Å². The highest BCUT2D eigenvalue weighted by molar-refractivity contribution is 6.33. The predicted molar refractivity (Wildman–Crippen MR) is 80.4 cm³/mol. The van der Waals surface area contributed by atoms with Gasteiger partial charge in [0.05, 0.1) is 5.56 Å². The van der Waals surface area contributed by atoms with Crippen molar-refractivity contribution < 1.29 is 4.79 Å². The lowest BCUT2D eigenvalue weighted by Gasteiger charge is -2.33. The number of benzene rings is 1. The molecule has 4 heteroatoms. The number of carbonyl (C=O) groups excluding carboxylic acids is 1. The summed E-state index contributed by atoms with van der Waals surface area (Å²) in [6.07, 6.45) is 2.55. The van der Waals surface area contributed by atoms with Crippen LogP contribution in [0.25, 0.3) is 0 Å². The molecule has 0 fully saturated rings. The minimum absolute atomic E-state index is 0.0811. The number of hydrogen-bond donors (Lipinski definition) is 0. The zero-order valence-electron chi connectivity index (χ0n) is 11.2. The Hall–Kier alpha value is -1.87. The van der Waals surface area contributed by atoms with E-state index in [-0.39, 0.29) is 11.1 Å². The van der Waals surface area contributed by atoms with Crippen molar-refractivity contribution in [3.63, 3.8) is 0 Å². The van der Waals surface area contributed by atoms with Crippen LogP contribution >= 0.6 is 11.6 Å². The fourth-order valence-electron chi connectivity index (χ4n) is 2.65. The fraction of sp³-hybridized carbons (Fsp3) is 0.250. The molecule has 0 saturated carbocycles. The van der Waals surface area contributed by atoms with Gasteiger partial charge in [0.1, 0.15) is 5.15 Å². The average Bonchev–Trinajstić information content (AvgIpc) is 2.48. The van der Waals surface area contributed by atoms with Gasteiger partial charge in [-0.25, -0.2) is 4.98 Å². The molecule has 2 heterocycles. The van der Waals surface area contributed by atoms with E-state index < -0.39 is 0 Å². The van der Waals surface area contributed by atoms with Crippen molar-refractivity contribution in [2.75, 3.05) is 11.4 Å². The Balaban J connectivity index is 2.02. The Kier molecular flexibility index (Phi) is 3.45. The molecule has 1 amide bonds. The first-order valence-corrected chi connectivity index (χ1v) is 7.07. The zero-order chi connectivity index (χ0) is 14.1. The largest absolute Gasteiger partial charge is 0.308 e. The smallest absolute Gasteiger partial charge is 0.261 e. The van der Waals surface area contributed by atoms with E-state index in [0.717, 1.165) is 12.1 Å². The van der Waals surface area contributed by atoms with Gasteiger partial charge in [-0.2, -0.15) is 0 Å². The van der Waals surface area contributed by atoms with E-state index >= 15 is 0 Å². The number of rotatable bonds is 1. The first-order valence-electron chi connectivity index (χ1n) is 6.70. The molecule has 20 heavy (non-hydrogen) atoms. The van der Waals surface area contributed by atoms with Gasteiger partial charge in [-0.3, -0.25) is 4.79 Å². The van der Waals surface area contributed by atoms with Crippen molar-refractivity contribution in [2.24, 2.45) is 0 Å². The van der Waals surface area contributed by atoms with Gasteiger partial charge < -0.3 is 4.90 Å². The maximum atomic E-state index is 12.7. The lowest BCUT2D eigenvalue weighted by atomic mass is 9.91. The average molecular weight is 287 g/mol. The number of aromatic nitrogens is 1. The van der Waals surface area contributed by atoms with Gasteiger partial charge in [0.25, 0.3) is 5.91 Å². The molecular formula is C16H15ClN2O. The Labute approximate surface area is 123 Å². The molecule has 1 unspecified atom stereocenters. The number of hydrogen-bond acceptors (Lipinski definition) is 2. The Morgan fingerprint density at radius 3 is 2.90 bits per heavy atom. The van der Waals surface area contributed by atoms with Crippen LogP contribution in [-0.2, 0) is 0 Å². The van der Waals surface area contributed by atoms with E-state index in [1.165, 1.54) is 5.56 Å². The van der Waals surface area contributed by atoms with Crippen molar-refractivity contribution in [2.45, 2.75) is 19.3 Å². The zero-order valence-corrected chi connectivity index (χ0v) is 12.0. The van der Waals surface area contributed by atoms with Gasteiger partial charge in [-0.15, -0.1) is 0 Å². The molecular weight excluding hydrogens is 272 g/mol.